The molecule has 0 radical (unpaired) electrons. The van der Waals surface area contributed by atoms with Gasteiger partial charge < -0.3 is 5.32 Å². The minimum absolute atomic E-state index is 1.02. The number of hydrogen-bond donors (Lipinski definition) is 1. The zero-order valence-corrected chi connectivity index (χ0v) is 10.1. The second kappa shape index (κ2) is 3.98. The van der Waals surface area contributed by atoms with E-state index >= 15 is 0 Å². The SMILES string of the molecule is CCc1ccc2cc3c(nc2c1)NCCS3. The molecule has 2 nitrogen and oxygen atoms in total. The van der Waals surface area contributed by atoms with E-state index in [0.717, 1.165) is 30.1 Å². The van der Waals surface area contributed by atoms with Crippen molar-refractivity contribution in [1.29, 1.82) is 0 Å². The van der Waals surface area contributed by atoms with Gasteiger partial charge in [-0.05, 0) is 24.1 Å². The van der Waals surface area contributed by atoms with E-state index < -0.39 is 0 Å². The molecule has 1 N–H and O–H groups in total. The van der Waals surface area contributed by atoms with Crippen LogP contribution in [0.2, 0.25) is 0 Å². The van der Waals surface area contributed by atoms with E-state index in [2.05, 4.69) is 36.5 Å². The van der Waals surface area contributed by atoms with Crippen molar-refractivity contribution in [2.45, 2.75) is 18.2 Å². The molecule has 82 valence electrons. The van der Waals surface area contributed by atoms with Crippen LogP contribution in [0.15, 0.2) is 29.2 Å². The Morgan fingerprint density at radius 3 is 3.19 bits per heavy atom. The van der Waals surface area contributed by atoms with Crippen molar-refractivity contribution >= 4 is 28.5 Å². The van der Waals surface area contributed by atoms with Gasteiger partial charge in [-0.25, -0.2) is 4.98 Å². The number of benzene rings is 1. The first-order chi connectivity index (χ1) is 7.86. The summed E-state index contributed by atoms with van der Waals surface area (Å²) in [7, 11) is 0. The molecule has 2 heterocycles. The quantitative estimate of drug-likeness (QED) is 0.813. The number of nitrogens with one attached hydrogen (secondary N) is 1. The largest absolute Gasteiger partial charge is 0.368 e. The smallest absolute Gasteiger partial charge is 0.140 e. The van der Waals surface area contributed by atoms with E-state index in [0.29, 0.717) is 0 Å². The second-order valence-corrected chi connectivity index (χ2v) is 5.13. The van der Waals surface area contributed by atoms with Gasteiger partial charge in [0.25, 0.3) is 0 Å². The summed E-state index contributed by atoms with van der Waals surface area (Å²) in [4.78, 5) is 5.97. The summed E-state index contributed by atoms with van der Waals surface area (Å²) >= 11 is 1.89. The Labute approximate surface area is 99.5 Å². The molecule has 0 saturated carbocycles. The second-order valence-electron chi connectivity index (χ2n) is 3.99. The molecule has 0 bridgehead atoms. The van der Waals surface area contributed by atoms with Crippen LogP contribution < -0.4 is 5.32 Å². The summed E-state index contributed by atoms with van der Waals surface area (Å²) in [5.74, 6) is 2.18. The summed E-state index contributed by atoms with van der Waals surface area (Å²) in [6.45, 7) is 3.19. The fraction of sp³-hybridized carbons (Fsp3) is 0.308. The van der Waals surface area contributed by atoms with Crippen molar-refractivity contribution in [3.05, 3.63) is 29.8 Å². The number of thioether (sulfide) groups is 1. The molecule has 1 aromatic carbocycles. The standard InChI is InChI=1S/C13H14N2S/c1-2-9-3-4-10-8-12-13(14-5-6-16-12)15-11(10)7-9/h3-4,7-8H,2,5-6H2,1H3,(H,14,15). The predicted octanol–water partition coefficient (Wildman–Crippen LogP) is 3.31. The van der Waals surface area contributed by atoms with Crippen molar-refractivity contribution in [2.75, 3.05) is 17.6 Å². The van der Waals surface area contributed by atoms with Gasteiger partial charge in [0.05, 0.1) is 10.4 Å². The molecule has 0 unspecified atom stereocenters. The van der Waals surface area contributed by atoms with Crippen molar-refractivity contribution in [1.82, 2.24) is 4.98 Å². The highest BCUT2D eigenvalue weighted by Crippen LogP contribution is 2.32. The summed E-state index contributed by atoms with van der Waals surface area (Å²) in [5, 5.41) is 4.60. The van der Waals surface area contributed by atoms with Gasteiger partial charge in [-0.15, -0.1) is 11.8 Å². The topological polar surface area (TPSA) is 24.9 Å². The minimum Gasteiger partial charge on any atom is -0.368 e. The lowest BCUT2D eigenvalue weighted by atomic mass is 10.1. The van der Waals surface area contributed by atoms with Gasteiger partial charge in [0, 0.05) is 17.7 Å². The molecule has 2 aromatic rings. The Kier molecular flexibility index (Phi) is 2.48. The van der Waals surface area contributed by atoms with Gasteiger partial charge in [-0.3, -0.25) is 0 Å². The molecule has 0 saturated heterocycles. The maximum atomic E-state index is 4.69. The maximum Gasteiger partial charge on any atom is 0.140 e. The zero-order valence-electron chi connectivity index (χ0n) is 9.29. The minimum atomic E-state index is 1.02. The van der Waals surface area contributed by atoms with Gasteiger partial charge in [0.1, 0.15) is 5.82 Å². The lowest BCUT2D eigenvalue weighted by Gasteiger charge is -2.17. The Balaban J connectivity index is 2.19. The Hall–Kier alpha value is -1.22. The number of aryl methyl sites for hydroxylation is 1. The van der Waals surface area contributed by atoms with Gasteiger partial charge in [0.2, 0.25) is 0 Å². The molecule has 16 heavy (non-hydrogen) atoms. The summed E-state index contributed by atoms with van der Waals surface area (Å²) in [5.41, 5.74) is 2.46. The molecule has 1 aliphatic heterocycles. The normalized spacial score (nSPS) is 14.6. The van der Waals surface area contributed by atoms with Crippen LogP contribution in [0.25, 0.3) is 10.9 Å². The molecule has 0 aliphatic carbocycles. The van der Waals surface area contributed by atoms with E-state index in [1.807, 2.05) is 11.8 Å². The van der Waals surface area contributed by atoms with Crippen molar-refractivity contribution in [3.8, 4) is 0 Å². The van der Waals surface area contributed by atoms with Crippen molar-refractivity contribution in [3.63, 3.8) is 0 Å². The Morgan fingerprint density at radius 2 is 2.31 bits per heavy atom. The van der Waals surface area contributed by atoms with Crippen molar-refractivity contribution < 1.29 is 0 Å². The van der Waals surface area contributed by atoms with Crippen LogP contribution in [0.4, 0.5) is 5.82 Å². The number of hydrogen-bond acceptors (Lipinski definition) is 3. The van der Waals surface area contributed by atoms with Crippen LogP contribution in [-0.2, 0) is 6.42 Å². The monoisotopic (exact) mass is 230 g/mol. The van der Waals surface area contributed by atoms with E-state index in [1.165, 1.54) is 15.8 Å². The van der Waals surface area contributed by atoms with Crippen molar-refractivity contribution in [2.24, 2.45) is 0 Å². The summed E-state index contributed by atoms with van der Waals surface area (Å²) in [6, 6.07) is 8.80. The Morgan fingerprint density at radius 1 is 1.38 bits per heavy atom. The first-order valence-corrected chi connectivity index (χ1v) is 6.66. The number of pyridine rings is 1. The third kappa shape index (κ3) is 1.65. The van der Waals surface area contributed by atoms with Crippen LogP contribution >= 0.6 is 11.8 Å². The highest BCUT2D eigenvalue weighted by atomic mass is 32.2. The number of anilines is 1. The highest BCUT2D eigenvalue weighted by molar-refractivity contribution is 7.99. The fourth-order valence-corrected chi connectivity index (χ4v) is 2.87. The van der Waals surface area contributed by atoms with E-state index in [1.54, 1.807) is 0 Å². The lowest BCUT2D eigenvalue weighted by molar-refractivity contribution is 1.11. The maximum absolute atomic E-state index is 4.69. The van der Waals surface area contributed by atoms with Gasteiger partial charge in [-0.2, -0.15) is 0 Å². The third-order valence-electron chi connectivity index (χ3n) is 2.91. The number of aromatic nitrogens is 1. The fourth-order valence-electron chi connectivity index (χ4n) is 1.98. The number of nitrogens with zero attached hydrogens (tertiary/aromatic N) is 1. The molecule has 3 rings (SSSR count). The molecule has 1 aromatic heterocycles. The molecule has 3 heteroatoms. The van der Waals surface area contributed by atoms with Gasteiger partial charge >= 0.3 is 0 Å². The molecule has 0 spiro atoms. The van der Waals surface area contributed by atoms with E-state index in [9.17, 15) is 0 Å². The Bertz CT molecular complexity index is 537. The summed E-state index contributed by atoms with van der Waals surface area (Å²) < 4.78 is 0. The average molecular weight is 230 g/mol. The lowest BCUT2D eigenvalue weighted by Crippen LogP contribution is -2.11. The molecule has 1 aliphatic rings. The summed E-state index contributed by atoms with van der Waals surface area (Å²) in [6.07, 6.45) is 1.07. The number of rotatable bonds is 1. The molecular formula is C13H14N2S. The number of fused-ring (bicyclic) bond motifs is 2. The van der Waals surface area contributed by atoms with Crippen LogP contribution in [0.3, 0.4) is 0 Å². The van der Waals surface area contributed by atoms with E-state index in [4.69, 9.17) is 4.98 Å². The van der Waals surface area contributed by atoms with Crippen LogP contribution in [0.5, 0.6) is 0 Å². The predicted molar refractivity (Wildman–Crippen MR) is 70.3 cm³/mol. The zero-order chi connectivity index (χ0) is 11.0. The third-order valence-corrected chi connectivity index (χ3v) is 3.94. The van der Waals surface area contributed by atoms with Crippen LogP contribution in [0.1, 0.15) is 12.5 Å². The molecule has 0 atom stereocenters. The molecule has 0 amide bonds. The first kappa shape index (κ1) is 9.97. The first-order valence-electron chi connectivity index (χ1n) is 5.67. The van der Waals surface area contributed by atoms with Crippen LogP contribution in [0, 0.1) is 0 Å². The van der Waals surface area contributed by atoms with Gasteiger partial charge in [0.15, 0.2) is 0 Å². The van der Waals surface area contributed by atoms with Crippen LogP contribution in [-0.4, -0.2) is 17.3 Å². The molecule has 0 fully saturated rings. The highest BCUT2D eigenvalue weighted by Gasteiger charge is 2.11. The average Bonchev–Trinajstić information content (AvgIpc) is 2.35. The van der Waals surface area contributed by atoms with Gasteiger partial charge in [-0.1, -0.05) is 19.1 Å². The molecular weight excluding hydrogens is 216 g/mol. The van der Waals surface area contributed by atoms with E-state index in [-0.39, 0.29) is 0 Å².